The van der Waals surface area contributed by atoms with Crippen molar-refractivity contribution in [3.8, 4) is 11.5 Å². The average molecular weight is 552 g/mol. The van der Waals surface area contributed by atoms with E-state index in [0.29, 0.717) is 29.2 Å². The van der Waals surface area contributed by atoms with Gasteiger partial charge in [0.05, 0.1) is 19.9 Å². The van der Waals surface area contributed by atoms with Gasteiger partial charge >= 0.3 is 0 Å². The number of anilines is 2. The highest BCUT2D eigenvalue weighted by Crippen LogP contribution is 2.38. The normalized spacial score (nSPS) is 14.0. The first-order chi connectivity index (χ1) is 18.8. The largest absolute Gasteiger partial charge is 0.493 e. The molecule has 0 aliphatic heterocycles. The van der Waals surface area contributed by atoms with Crippen LogP contribution in [0.2, 0.25) is 0 Å². The quantitative estimate of drug-likeness (QED) is 0.346. The lowest BCUT2D eigenvalue weighted by atomic mass is 9.99. The number of nitrogen functional groups attached to an aromatic ring is 1. The summed E-state index contributed by atoms with van der Waals surface area (Å²) in [7, 11) is 3.03. The number of aromatic nitrogens is 1. The predicted molar refractivity (Wildman–Crippen MR) is 150 cm³/mol. The minimum atomic E-state index is -1.09. The molecule has 0 bridgehead atoms. The third kappa shape index (κ3) is 5.68. The second-order valence-corrected chi connectivity index (χ2v) is 10.1. The molecule has 5 N–H and O–H groups in total. The number of aryl methyl sites for hydroxylation is 1. The molecule has 1 saturated carbocycles. The molecule has 1 aliphatic rings. The molecule has 206 valence electrons. The zero-order valence-electron chi connectivity index (χ0n) is 22.2. The highest BCUT2D eigenvalue weighted by atomic mass is 32.1. The second-order valence-electron chi connectivity index (χ2n) is 9.30. The summed E-state index contributed by atoms with van der Waals surface area (Å²) < 4.78 is 15.0. The summed E-state index contributed by atoms with van der Waals surface area (Å²) in [6.07, 6.45) is 4.40. The van der Waals surface area contributed by atoms with Crippen LogP contribution in [0, 0.1) is 0 Å². The van der Waals surface area contributed by atoms with Crippen LogP contribution < -0.4 is 31.2 Å². The van der Waals surface area contributed by atoms with Crippen molar-refractivity contribution >= 4 is 40.6 Å². The molecule has 1 fully saturated rings. The topological polar surface area (TPSA) is 150 Å². The Balaban J connectivity index is 1.93. The lowest BCUT2D eigenvalue weighted by Gasteiger charge is -2.33. The minimum Gasteiger partial charge on any atom is -0.493 e. The molecule has 1 aliphatic carbocycles. The van der Waals surface area contributed by atoms with Gasteiger partial charge in [0.25, 0.3) is 11.8 Å². The molecule has 0 spiro atoms. The molecule has 1 atom stereocenters. The van der Waals surface area contributed by atoms with Crippen LogP contribution >= 0.6 is 11.5 Å². The minimum absolute atomic E-state index is 0.00783. The fourth-order valence-corrected chi connectivity index (χ4v) is 5.68. The number of primary amides is 1. The molecule has 0 radical (unpaired) electrons. The van der Waals surface area contributed by atoms with E-state index in [1.54, 1.807) is 30.3 Å². The average Bonchev–Trinajstić information content (AvgIpc) is 3.60. The van der Waals surface area contributed by atoms with Gasteiger partial charge in [-0.15, -0.1) is 0 Å². The lowest BCUT2D eigenvalue weighted by Crippen LogP contribution is -2.46. The van der Waals surface area contributed by atoms with Gasteiger partial charge < -0.3 is 26.3 Å². The molecule has 1 unspecified atom stereocenters. The van der Waals surface area contributed by atoms with E-state index in [4.69, 9.17) is 20.9 Å². The molecule has 1 aromatic heterocycles. The third-order valence-electron chi connectivity index (χ3n) is 6.94. The molecule has 0 saturated heterocycles. The zero-order valence-corrected chi connectivity index (χ0v) is 23.0. The van der Waals surface area contributed by atoms with Gasteiger partial charge in [0.2, 0.25) is 5.91 Å². The van der Waals surface area contributed by atoms with Crippen LogP contribution in [-0.4, -0.2) is 42.4 Å². The van der Waals surface area contributed by atoms with E-state index < -0.39 is 17.9 Å². The molecule has 10 nitrogen and oxygen atoms in total. The van der Waals surface area contributed by atoms with Gasteiger partial charge in [0.15, 0.2) is 17.2 Å². The SMILES string of the molecule is CCc1ccccc1N(C(=O)c1snc(C(N)=O)c1N)C(C(=O)NC1CCCC1)c1ccc(OC)c(OC)c1. The number of hydrogen-bond acceptors (Lipinski definition) is 8. The van der Waals surface area contributed by atoms with Gasteiger partial charge in [-0.25, -0.2) is 0 Å². The van der Waals surface area contributed by atoms with Crippen LogP contribution in [0.5, 0.6) is 11.5 Å². The Labute approximate surface area is 231 Å². The van der Waals surface area contributed by atoms with Gasteiger partial charge in [0, 0.05) is 11.7 Å². The summed E-state index contributed by atoms with van der Waals surface area (Å²) >= 11 is 0.777. The van der Waals surface area contributed by atoms with E-state index in [9.17, 15) is 14.4 Å². The number of nitrogens with two attached hydrogens (primary N) is 2. The number of methoxy groups -OCH3 is 2. The number of ether oxygens (including phenoxy) is 2. The Kier molecular flexibility index (Phi) is 8.70. The molecule has 3 aromatic rings. The number of rotatable bonds is 10. The molecule has 39 heavy (non-hydrogen) atoms. The summed E-state index contributed by atoms with van der Waals surface area (Å²) in [5, 5.41) is 3.15. The van der Waals surface area contributed by atoms with E-state index in [1.807, 2.05) is 19.1 Å². The van der Waals surface area contributed by atoms with E-state index >= 15 is 0 Å². The maximum Gasteiger partial charge on any atom is 0.273 e. The summed E-state index contributed by atoms with van der Waals surface area (Å²) in [6, 6.07) is 11.4. The number of hydrogen-bond donors (Lipinski definition) is 3. The first-order valence-electron chi connectivity index (χ1n) is 12.8. The fourth-order valence-electron chi connectivity index (χ4n) is 4.94. The molecule has 3 amide bonds. The van der Waals surface area contributed by atoms with E-state index in [1.165, 1.54) is 19.1 Å². The number of carbonyl (C=O) groups excluding carboxylic acids is 3. The monoisotopic (exact) mass is 551 g/mol. The second kappa shape index (κ2) is 12.2. The summed E-state index contributed by atoms with van der Waals surface area (Å²) in [6.45, 7) is 1.97. The smallest absolute Gasteiger partial charge is 0.273 e. The van der Waals surface area contributed by atoms with E-state index in [-0.39, 0.29) is 28.2 Å². The lowest BCUT2D eigenvalue weighted by molar-refractivity contribution is -0.123. The van der Waals surface area contributed by atoms with Gasteiger partial charge in [-0.05, 0) is 60.1 Å². The van der Waals surface area contributed by atoms with Crippen molar-refractivity contribution in [1.29, 1.82) is 0 Å². The Bertz CT molecular complexity index is 1370. The van der Waals surface area contributed by atoms with Gasteiger partial charge in [-0.1, -0.05) is 44.0 Å². The first-order valence-corrected chi connectivity index (χ1v) is 13.6. The van der Waals surface area contributed by atoms with Crippen molar-refractivity contribution in [2.45, 2.75) is 51.1 Å². The molecular weight excluding hydrogens is 518 g/mol. The molecule has 1 heterocycles. The first kappa shape index (κ1) is 27.9. The molecular formula is C28H33N5O5S. The Morgan fingerprint density at radius 1 is 1.10 bits per heavy atom. The Morgan fingerprint density at radius 3 is 2.41 bits per heavy atom. The number of para-hydroxylation sites is 1. The third-order valence-corrected chi connectivity index (χ3v) is 7.79. The van der Waals surface area contributed by atoms with Crippen molar-refractivity contribution in [2.75, 3.05) is 24.9 Å². The van der Waals surface area contributed by atoms with E-state index in [0.717, 1.165) is 42.8 Å². The van der Waals surface area contributed by atoms with Crippen molar-refractivity contribution in [2.24, 2.45) is 5.73 Å². The molecule has 2 aromatic carbocycles. The Hall–Kier alpha value is -4.12. The van der Waals surface area contributed by atoms with Crippen LogP contribution in [0.4, 0.5) is 11.4 Å². The van der Waals surface area contributed by atoms with Crippen LogP contribution in [0.1, 0.15) is 69.9 Å². The van der Waals surface area contributed by atoms with Crippen LogP contribution in [0.15, 0.2) is 42.5 Å². The van der Waals surface area contributed by atoms with Gasteiger partial charge in [-0.3, -0.25) is 19.3 Å². The summed E-state index contributed by atoms with van der Waals surface area (Å²) in [5.41, 5.74) is 13.2. The number of amides is 3. The number of nitrogens with zero attached hydrogens (tertiary/aromatic N) is 2. The van der Waals surface area contributed by atoms with Crippen molar-refractivity contribution in [3.05, 3.63) is 64.2 Å². The highest BCUT2D eigenvalue weighted by molar-refractivity contribution is 7.09. The van der Waals surface area contributed by atoms with Crippen molar-refractivity contribution in [1.82, 2.24) is 9.69 Å². The van der Waals surface area contributed by atoms with E-state index in [2.05, 4.69) is 9.69 Å². The molecule has 11 heteroatoms. The van der Waals surface area contributed by atoms with Crippen molar-refractivity contribution in [3.63, 3.8) is 0 Å². The maximum absolute atomic E-state index is 14.3. The number of carbonyl (C=O) groups is 3. The summed E-state index contributed by atoms with van der Waals surface area (Å²) in [5.74, 6) is -0.843. The number of nitrogens with one attached hydrogen (secondary N) is 1. The zero-order chi connectivity index (χ0) is 28.1. The van der Waals surface area contributed by atoms with Crippen LogP contribution in [-0.2, 0) is 11.2 Å². The van der Waals surface area contributed by atoms with Crippen LogP contribution in [0.25, 0.3) is 0 Å². The standard InChI is InChI=1S/C28H33N5O5S/c1-4-16-9-5-8-12-19(16)33(28(36)25-22(29)23(26(30)34)32-39-25)24(27(35)31-18-10-6-7-11-18)17-13-14-20(37-2)21(15-17)38-3/h5,8-9,12-15,18,24H,4,6-7,10-11,29H2,1-3H3,(H2,30,34)(H,31,35). The van der Waals surface area contributed by atoms with Crippen LogP contribution in [0.3, 0.4) is 0 Å². The van der Waals surface area contributed by atoms with Gasteiger partial charge in [0.1, 0.15) is 10.9 Å². The summed E-state index contributed by atoms with van der Waals surface area (Å²) in [4.78, 5) is 41.7. The van der Waals surface area contributed by atoms with Crippen molar-refractivity contribution < 1.29 is 23.9 Å². The fraction of sp³-hybridized carbons (Fsp3) is 0.357. The number of benzene rings is 2. The Morgan fingerprint density at radius 2 is 1.79 bits per heavy atom. The van der Waals surface area contributed by atoms with Gasteiger partial charge in [-0.2, -0.15) is 4.37 Å². The maximum atomic E-state index is 14.3. The molecule has 4 rings (SSSR count). The predicted octanol–water partition coefficient (Wildman–Crippen LogP) is 3.85. The highest BCUT2D eigenvalue weighted by Gasteiger charge is 2.38.